The molecule has 1 unspecified atom stereocenters. The SMILES string of the molecule is CC(Oc1ccccc1)C(=O)ONC(=O)N1CCN(C2CCNCC2)CC1. The van der Waals surface area contributed by atoms with Crippen LogP contribution in [0.5, 0.6) is 5.75 Å². The number of para-hydroxylation sites is 1. The third-order valence-corrected chi connectivity index (χ3v) is 5.05. The smallest absolute Gasteiger partial charge is 0.372 e. The van der Waals surface area contributed by atoms with Crippen molar-refractivity contribution in [2.75, 3.05) is 39.3 Å². The van der Waals surface area contributed by atoms with Crippen molar-refractivity contribution in [1.82, 2.24) is 20.6 Å². The largest absolute Gasteiger partial charge is 0.479 e. The summed E-state index contributed by atoms with van der Waals surface area (Å²) in [6.45, 7) is 6.65. The molecule has 27 heavy (non-hydrogen) atoms. The van der Waals surface area contributed by atoms with Crippen LogP contribution in [-0.4, -0.2) is 73.2 Å². The molecular weight excluding hydrogens is 348 g/mol. The van der Waals surface area contributed by atoms with Crippen LogP contribution in [0.3, 0.4) is 0 Å². The van der Waals surface area contributed by atoms with Gasteiger partial charge in [0.05, 0.1) is 0 Å². The number of benzene rings is 1. The zero-order chi connectivity index (χ0) is 19.1. The van der Waals surface area contributed by atoms with Crippen LogP contribution in [0.2, 0.25) is 0 Å². The molecule has 0 aliphatic carbocycles. The molecule has 1 atom stereocenters. The van der Waals surface area contributed by atoms with Gasteiger partial charge in [-0.3, -0.25) is 4.90 Å². The monoisotopic (exact) mass is 376 g/mol. The van der Waals surface area contributed by atoms with E-state index in [0.29, 0.717) is 24.9 Å². The minimum Gasteiger partial charge on any atom is -0.479 e. The highest BCUT2D eigenvalue weighted by molar-refractivity contribution is 5.78. The minimum absolute atomic E-state index is 0.389. The first-order valence-corrected chi connectivity index (χ1v) is 9.55. The Balaban J connectivity index is 1.37. The van der Waals surface area contributed by atoms with Gasteiger partial charge in [-0.25, -0.2) is 9.59 Å². The third-order valence-electron chi connectivity index (χ3n) is 5.05. The molecule has 2 aliphatic heterocycles. The number of urea groups is 1. The Morgan fingerprint density at radius 3 is 2.44 bits per heavy atom. The van der Waals surface area contributed by atoms with Gasteiger partial charge in [0.2, 0.25) is 0 Å². The van der Waals surface area contributed by atoms with E-state index < -0.39 is 12.1 Å². The zero-order valence-corrected chi connectivity index (χ0v) is 15.7. The number of carbonyl (C=O) groups is 2. The maximum absolute atomic E-state index is 12.2. The lowest BCUT2D eigenvalue weighted by atomic mass is 10.0. The van der Waals surface area contributed by atoms with E-state index in [4.69, 9.17) is 9.57 Å². The molecule has 2 amide bonds. The van der Waals surface area contributed by atoms with Crippen molar-refractivity contribution in [1.29, 1.82) is 0 Å². The first kappa shape index (κ1) is 19.4. The van der Waals surface area contributed by atoms with Crippen molar-refractivity contribution in [2.45, 2.75) is 31.9 Å². The molecule has 0 bridgehead atoms. The molecule has 2 saturated heterocycles. The molecule has 0 radical (unpaired) electrons. The van der Waals surface area contributed by atoms with Gasteiger partial charge in [0.1, 0.15) is 5.75 Å². The number of piperazine rings is 1. The van der Waals surface area contributed by atoms with E-state index in [-0.39, 0.29) is 6.03 Å². The van der Waals surface area contributed by atoms with Gasteiger partial charge in [-0.1, -0.05) is 18.2 Å². The second kappa shape index (κ2) is 9.57. The molecule has 1 aromatic rings. The number of rotatable bonds is 4. The van der Waals surface area contributed by atoms with Crippen molar-refractivity contribution in [2.24, 2.45) is 0 Å². The summed E-state index contributed by atoms with van der Waals surface area (Å²) in [6.07, 6.45) is 1.50. The topological polar surface area (TPSA) is 83.1 Å². The molecule has 2 N–H and O–H groups in total. The second-order valence-electron chi connectivity index (χ2n) is 6.91. The molecule has 3 rings (SSSR count). The van der Waals surface area contributed by atoms with Gasteiger partial charge < -0.3 is 19.8 Å². The van der Waals surface area contributed by atoms with Crippen LogP contribution < -0.4 is 15.5 Å². The summed E-state index contributed by atoms with van der Waals surface area (Å²) in [5.41, 5.74) is 2.24. The summed E-state index contributed by atoms with van der Waals surface area (Å²) < 4.78 is 5.48. The lowest BCUT2D eigenvalue weighted by Gasteiger charge is -2.40. The maximum Gasteiger partial charge on any atom is 0.372 e. The predicted octanol–water partition coefficient (Wildman–Crippen LogP) is 0.991. The summed E-state index contributed by atoms with van der Waals surface area (Å²) in [4.78, 5) is 33.3. The van der Waals surface area contributed by atoms with E-state index in [0.717, 1.165) is 39.0 Å². The first-order chi connectivity index (χ1) is 13.1. The second-order valence-corrected chi connectivity index (χ2v) is 6.91. The van der Waals surface area contributed by atoms with Crippen LogP contribution in [0, 0.1) is 0 Å². The van der Waals surface area contributed by atoms with E-state index in [1.807, 2.05) is 18.2 Å². The van der Waals surface area contributed by atoms with Crippen molar-refractivity contribution < 1.29 is 19.2 Å². The van der Waals surface area contributed by atoms with Crippen LogP contribution in [0.4, 0.5) is 4.79 Å². The van der Waals surface area contributed by atoms with Gasteiger partial charge in [-0.15, -0.1) is 0 Å². The predicted molar refractivity (Wildman–Crippen MR) is 100 cm³/mol. The average Bonchev–Trinajstić information content (AvgIpc) is 2.73. The average molecular weight is 376 g/mol. The number of amides is 2. The van der Waals surface area contributed by atoms with Crippen molar-refractivity contribution in [3.63, 3.8) is 0 Å². The number of nitrogens with zero attached hydrogens (tertiary/aromatic N) is 2. The summed E-state index contributed by atoms with van der Waals surface area (Å²) in [5.74, 6) is -0.0668. The lowest BCUT2D eigenvalue weighted by molar-refractivity contribution is -0.156. The Bertz CT molecular complexity index is 613. The number of nitrogens with one attached hydrogen (secondary N) is 2. The zero-order valence-electron chi connectivity index (χ0n) is 15.7. The highest BCUT2D eigenvalue weighted by Gasteiger charge is 2.27. The van der Waals surface area contributed by atoms with Gasteiger partial charge in [0.15, 0.2) is 6.10 Å². The molecule has 148 valence electrons. The molecule has 0 spiro atoms. The standard InChI is InChI=1S/C19H28N4O4/c1-15(26-17-5-3-2-4-6-17)18(24)27-21-19(25)23-13-11-22(12-14-23)16-7-9-20-10-8-16/h2-6,15-16,20H,7-14H2,1H3,(H,21,25). The molecule has 2 fully saturated rings. The quantitative estimate of drug-likeness (QED) is 0.763. The molecule has 1 aromatic carbocycles. The van der Waals surface area contributed by atoms with Crippen LogP contribution in [-0.2, 0) is 9.63 Å². The van der Waals surface area contributed by atoms with E-state index in [9.17, 15) is 9.59 Å². The maximum atomic E-state index is 12.2. The summed E-state index contributed by atoms with van der Waals surface area (Å²) >= 11 is 0. The van der Waals surface area contributed by atoms with Crippen LogP contribution in [0.25, 0.3) is 0 Å². The molecule has 2 heterocycles. The minimum atomic E-state index is -0.815. The Morgan fingerprint density at radius 1 is 1.11 bits per heavy atom. The van der Waals surface area contributed by atoms with Gasteiger partial charge in [0.25, 0.3) is 0 Å². The third kappa shape index (κ3) is 5.58. The van der Waals surface area contributed by atoms with E-state index >= 15 is 0 Å². The van der Waals surface area contributed by atoms with Crippen LogP contribution in [0.1, 0.15) is 19.8 Å². The fourth-order valence-electron chi connectivity index (χ4n) is 3.45. The number of ether oxygens (including phenoxy) is 1. The Hall–Kier alpha value is -2.32. The highest BCUT2D eigenvalue weighted by atomic mass is 16.7. The molecule has 8 heteroatoms. The number of hydroxylamine groups is 1. The number of carbonyl (C=O) groups excluding carboxylic acids is 2. The molecule has 0 saturated carbocycles. The molecular formula is C19H28N4O4. The molecule has 8 nitrogen and oxygen atoms in total. The Kier molecular flexibility index (Phi) is 6.89. The van der Waals surface area contributed by atoms with Crippen molar-refractivity contribution >= 4 is 12.0 Å². The Labute approximate surface area is 159 Å². The lowest BCUT2D eigenvalue weighted by Crippen LogP contribution is -2.55. The van der Waals surface area contributed by atoms with E-state index in [1.165, 1.54) is 0 Å². The fraction of sp³-hybridized carbons (Fsp3) is 0.579. The van der Waals surface area contributed by atoms with Gasteiger partial charge in [-0.2, -0.15) is 5.48 Å². The van der Waals surface area contributed by atoms with Gasteiger partial charge >= 0.3 is 12.0 Å². The first-order valence-electron chi connectivity index (χ1n) is 9.55. The normalized spacial score (nSPS) is 20.0. The summed E-state index contributed by atoms with van der Waals surface area (Å²) in [5, 5.41) is 3.37. The highest BCUT2D eigenvalue weighted by Crippen LogP contribution is 2.15. The number of piperidine rings is 1. The summed E-state index contributed by atoms with van der Waals surface area (Å²) in [6, 6.07) is 9.22. The van der Waals surface area contributed by atoms with Gasteiger partial charge in [-0.05, 0) is 45.0 Å². The summed E-state index contributed by atoms with van der Waals surface area (Å²) in [7, 11) is 0. The number of hydrogen-bond donors (Lipinski definition) is 2. The van der Waals surface area contributed by atoms with Crippen LogP contribution >= 0.6 is 0 Å². The molecule has 0 aromatic heterocycles. The van der Waals surface area contributed by atoms with Crippen molar-refractivity contribution in [3.05, 3.63) is 30.3 Å². The van der Waals surface area contributed by atoms with Crippen molar-refractivity contribution in [3.8, 4) is 5.75 Å². The van der Waals surface area contributed by atoms with Crippen LogP contribution in [0.15, 0.2) is 30.3 Å². The van der Waals surface area contributed by atoms with E-state index in [2.05, 4.69) is 15.7 Å². The molecule has 2 aliphatic rings. The number of hydrogen-bond acceptors (Lipinski definition) is 6. The Morgan fingerprint density at radius 2 is 1.78 bits per heavy atom. The van der Waals surface area contributed by atoms with E-state index in [1.54, 1.807) is 24.0 Å². The van der Waals surface area contributed by atoms with Gasteiger partial charge in [0, 0.05) is 32.2 Å². The fourth-order valence-corrected chi connectivity index (χ4v) is 3.45.